The fourth-order valence-corrected chi connectivity index (χ4v) is 1.46. The highest BCUT2D eigenvalue weighted by atomic mass is 16.3. The van der Waals surface area contributed by atoms with Crippen LogP contribution in [0.5, 0.6) is 5.75 Å². The predicted octanol–water partition coefficient (Wildman–Crippen LogP) is 0.870. The zero-order chi connectivity index (χ0) is 11.4. The summed E-state index contributed by atoms with van der Waals surface area (Å²) >= 11 is 0. The van der Waals surface area contributed by atoms with Crippen molar-refractivity contribution in [2.45, 2.75) is 13.0 Å². The Morgan fingerprint density at radius 1 is 1.53 bits per heavy atom. The first-order valence-corrected chi connectivity index (χ1v) is 4.78. The van der Waals surface area contributed by atoms with E-state index in [0.29, 0.717) is 0 Å². The molecule has 82 valence electrons. The lowest BCUT2D eigenvalue weighted by Crippen LogP contribution is -2.32. The normalized spacial score (nSPS) is 12.7. The summed E-state index contributed by atoms with van der Waals surface area (Å²) in [5.41, 5.74) is 5.90. The summed E-state index contributed by atoms with van der Waals surface area (Å²) in [7, 11) is 1.79. The van der Waals surface area contributed by atoms with Gasteiger partial charge in [0.15, 0.2) is 0 Å². The molecule has 1 rings (SSSR count). The minimum absolute atomic E-state index is 0.0429. The van der Waals surface area contributed by atoms with Crippen LogP contribution in [-0.4, -0.2) is 29.5 Å². The summed E-state index contributed by atoms with van der Waals surface area (Å²) in [4.78, 5) is 12.5. The molecule has 0 heterocycles. The van der Waals surface area contributed by atoms with Crippen LogP contribution < -0.4 is 5.73 Å². The Morgan fingerprint density at radius 2 is 2.13 bits per heavy atom. The van der Waals surface area contributed by atoms with Crippen LogP contribution in [0.1, 0.15) is 18.5 Å². The first kappa shape index (κ1) is 11.5. The number of primary amides is 1. The van der Waals surface area contributed by atoms with Crippen molar-refractivity contribution in [1.29, 1.82) is 0 Å². The lowest BCUT2D eigenvalue weighted by atomic mass is 10.1. The van der Waals surface area contributed by atoms with Gasteiger partial charge < -0.3 is 10.8 Å². The Kier molecular flexibility index (Phi) is 3.68. The quantitative estimate of drug-likeness (QED) is 0.771. The van der Waals surface area contributed by atoms with Crippen LogP contribution in [0.3, 0.4) is 0 Å². The summed E-state index contributed by atoms with van der Waals surface area (Å²) < 4.78 is 0. The first-order chi connectivity index (χ1) is 7.02. The molecule has 0 radical (unpaired) electrons. The minimum atomic E-state index is -0.375. The number of rotatable bonds is 4. The Morgan fingerprint density at radius 3 is 2.67 bits per heavy atom. The summed E-state index contributed by atoms with van der Waals surface area (Å²) in [6, 6.07) is 7.03. The van der Waals surface area contributed by atoms with Crippen molar-refractivity contribution in [1.82, 2.24) is 4.90 Å². The topological polar surface area (TPSA) is 66.6 Å². The molecule has 0 aliphatic carbocycles. The van der Waals surface area contributed by atoms with E-state index in [-0.39, 0.29) is 24.2 Å². The van der Waals surface area contributed by atoms with Gasteiger partial charge in [0.25, 0.3) is 0 Å². The van der Waals surface area contributed by atoms with Gasteiger partial charge in [-0.3, -0.25) is 9.69 Å². The average Bonchev–Trinajstić information content (AvgIpc) is 2.16. The van der Waals surface area contributed by atoms with Crippen molar-refractivity contribution in [3.63, 3.8) is 0 Å². The maximum absolute atomic E-state index is 10.7. The summed E-state index contributed by atoms with van der Waals surface area (Å²) in [5, 5.41) is 9.62. The third-order valence-electron chi connectivity index (χ3n) is 2.45. The molecule has 1 unspecified atom stereocenters. The molecule has 3 N–H and O–H groups in total. The second-order valence-electron chi connectivity index (χ2n) is 3.62. The molecule has 0 aliphatic rings. The third-order valence-corrected chi connectivity index (χ3v) is 2.45. The van der Waals surface area contributed by atoms with Crippen LogP contribution in [0.4, 0.5) is 0 Å². The van der Waals surface area contributed by atoms with Crippen LogP contribution in [0, 0.1) is 0 Å². The number of phenols is 1. The van der Waals surface area contributed by atoms with Crippen molar-refractivity contribution in [2.24, 2.45) is 5.73 Å². The molecule has 0 fully saturated rings. The van der Waals surface area contributed by atoms with Crippen LogP contribution in [-0.2, 0) is 4.79 Å². The van der Waals surface area contributed by atoms with Gasteiger partial charge in [-0.15, -0.1) is 0 Å². The number of likely N-dealkylation sites (N-methyl/N-ethyl adjacent to an activating group) is 1. The highest BCUT2D eigenvalue weighted by molar-refractivity contribution is 5.75. The first-order valence-electron chi connectivity index (χ1n) is 4.78. The molecular weight excluding hydrogens is 192 g/mol. The molecule has 0 aliphatic heterocycles. The molecule has 0 saturated carbocycles. The van der Waals surface area contributed by atoms with E-state index in [2.05, 4.69) is 0 Å². The number of hydrogen-bond donors (Lipinski definition) is 2. The molecule has 0 spiro atoms. The zero-order valence-electron chi connectivity index (χ0n) is 8.97. The van der Waals surface area contributed by atoms with Gasteiger partial charge in [-0.05, 0) is 20.0 Å². The second kappa shape index (κ2) is 4.79. The molecule has 4 nitrogen and oxygen atoms in total. The van der Waals surface area contributed by atoms with E-state index in [1.165, 1.54) is 0 Å². The number of benzene rings is 1. The number of amides is 1. The molecule has 1 aromatic carbocycles. The number of para-hydroxylation sites is 1. The maximum Gasteiger partial charge on any atom is 0.231 e. The Hall–Kier alpha value is -1.55. The Labute approximate surface area is 89.3 Å². The third kappa shape index (κ3) is 2.95. The van der Waals surface area contributed by atoms with E-state index >= 15 is 0 Å². The van der Waals surface area contributed by atoms with Gasteiger partial charge in [0.05, 0.1) is 6.54 Å². The SMILES string of the molecule is CC(c1ccccc1O)N(C)CC(N)=O. The van der Waals surface area contributed by atoms with Crippen LogP contribution >= 0.6 is 0 Å². The van der Waals surface area contributed by atoms with E-state index in [0.717, 1.165) is 5.56 Å². The van der Waals surface area contributed by atoms with Crippen molar-refractivity contribution < 1.29 is 9.90 Å². The molecule has 0 aromatic heterocycles. The molecule has 1 atom stereocenters. The van der Waals surface area contributed by atoms with Crippen molar-refractivity contribution in [2.75, 3.05) is 13.6 Å². The molecule has 15 heavy (non-hydrogen) atoms. The van der Waals surface area contributed by atoms with Gasteiger partial charge in [0.2, 0.25) is 5.91 Å². The number of nitrogens with zero attached hydrogens (tertiary/aromatic N) is 1. The van der Waals surface area contributed by atoms with Crippen molar-refractivity contribution in [3.8, 4) is 5.75 Å². The number of hydrogen-bond acceptors (Lipinski definition) is 3. The monoisotopic (exact) mass is 208 g/mol. The summed E-state index contributed by atoms with van der Waals surface area (Å²) in [6.07, 6.45) is 0. The average molecular weight is 208 g/mol. The van der Waals surface area contributed by atoms with Gasteiger partial charge in [-0.25, -0.2) is 0 Å². The highest BCUT2D eigenvalue weighted by Gasteiger charge is 2.15. The standard InChI is InChI=1S/C11H16N2O2/c1-8(13(2)7-11(12)15)9-5-3-4-6-10(9)14/h3-6,8,14H,7H2,1-2H3,(H2,12,15). The molecular formula is C11H16N2O2. The number of carbonyl (C=O) groups excluding carboxylic acids is 1. The molecule has 4 heteroatoms. The van der Waals surface area contributed by atoms with Gasteiger partial charge in [-0.2, -0.15) is 0 Å². The lowest BCUT2D eigenvalue weighted by Gasteiger charge is -2.24. The maximum atomic E-state index is 10.7. The lowest BCUT2D eigenvalue weighted by molar-refractivity contribution is -0.119. The van der Waals surface area contributed by atoms with Crippen molar-refractivity contribution in [3.05, 3.63) is 29.8 Å². The van der Waals surface area contributed by atoms with E-state index in [4.69, 9.17) is 5.73 Å². The summed E-state index contributed by atoms with van der Waals surface area (Å²) in [5.74, 6) is -0.138. The number of phenolic OH excluding ortho intramolecular Hbond substituents is 1. The highest BCUT2D eigenvalue weighted by Crippen LogP contribution is 2.26. The van der Waals surface area contributed by atoms with E-state index in [1.807, 2.05) is 19.1 Å². The predicted molar refractivity (Wildman–Crippen MR) is 58.3 cm³/mol. The fraction of sp³-hybridized carbons (Fsp3) is 0.364. The van der Waals surface area contributed by atoms with Crippen LogP contribution in [0.15, 0.2) is 24.3 Å². The molecule has 0 bridgehead atoms. The Bertz CT molecular complexity index is 352. The number of nitrogens with two attached hydrogens (primary N) is 1. The second-order valence-corrected chi connectivity index (χ2v) is 3.62. The van der Waals surface area contributed by atoms with E-state index < -0.39 is 0 Å². The minimum Gasteiger partial charge on any atom is -0.508 e. The molecule has 1 amide bonds. The molecule has 1 aromatic rings. The number of carbonyl (C=O) groups is 1. The van der Waals surface area contributed by atoms with Gasteiger partial charge >= 0.3 is 0 Å². The molecule has 0 saturated heterocycles. The largest absolute Gasteiger partial charge is 0.508 e. The Balaban J connectivity index is 2.80. The van der Waals surface area contributed by atoms with E-state index in [9.17, 15) is 9.90 Å². The van der Waals surface area contributed by atoms with Gasteiger partial charge in [0, 0.05) is 11.6 Å². The van der Waals surface area contributed by atoms with Crippen LogP contribution in [0.25, 0.3) is 0 Å². The summed E-state index contributed by atoms with van der Waals surface area (Å²) in [6.45, 7) is 2.09. The van der Waals surface area contributed by atoms with Crippen LogP contribution in [0.2, 0.25) is 0 Å². The smallest absolute Gasteiger partial charge is 0.231 e. The zero-order valence-corrected chi connectivity index (χ0v) is 8.97. The van der Waals surface area contributed by atoms with Crippen molar-refractivity contribution >= 4 is 5.91 Å². The van der Waals surface area contributed by atoms with E-state index in [1.54, 1.807) is 24.1 Å². The fourth-order valence-electron chi connectivity index (χ4n) is 1.46. The van der Waals surface area contributed by atoms with Gasteiger partial charge in [0.1, 0.15) is 5.75 Å². The number of aromatic hydroxyl groups is 1. The van der Waals surface area contributed by atoms with Gasteiger partial charge in [-0.1, -0.05) is 18.2 Å².